The lowest BCUT2D eigenvalue weighted by Crippen LogP contribution is -2.26. The molecule has 0 aromatic heterocycles. The van der Waals surface area contributed by atoms with Crippen molar-refractivity contribution in [3.05, 3.63) is 35.4 Å². The van der Waals surface area contributed by atoms with Crippen LogP contribution >= 0.6 is 0 Å². The van der Waals surface area contributed by atoms with E-state index in [2.05, 4.69) is 38.1 Å². The Morgan fingerprint density at radius 1 is 1.10 bits per heavy atom. The fourth-order valence-electron chi connectivity index (χ4n) is 2.69. The summed E-state index contributed by atoms with van der Waals surface area (Å²) in [6.45, 7) is 4.35. The van der Waals surface area contributed by atoms with Gasteiger partial charge in [-0.05, 0) is 36.3 Å². The summed E-state index contributed by atoms with van der Waals surface area (Å²) in [6, 6.07) is 8.42. The van der Waals surface area contributed by atoms with Gasteiger partial charge >= 0.3 is 0 Å². The van der Waals surface area contributed by atoms with Crippen LogP contribution in [0.15, 0.2) is 24.3 Å². The lowest BCUT2D eigenvalue weighted by Gasteiger charge is -2.23. The molecular formula is C18H30N2O. The van der Waals surface area contributed by atoms with Gasteiger partial charge in [0.1, 0.15) is 0 Å². The largest absolute Gasteiger partial charge is 0.370 e. The Balaban J connectivity index is 2.72. The number of rotatable bonds is 10. The number of unbranched alkanes of at least 4 members (excludes halogenated alkanes) is 2. The zero-order chi connectivity index (χ0) is 15.7. The average molecular weight is 290 g/mol. The molecule has 0 aliphatic heterocycles. The summed E-state index contributed by atoms with van der Waals surface area (Å²) in [6.07, 6.45) is 7.06. The van der Waals surface area contributed by atoms with Gasteiger partial charge in [0.05, 0.1) is 0 Å². The molecule has 118 valence electrons. The standard InChI is InChI=1S/C18H30N2O/c1-3-5-7-14-9-11-15(12-10-14)18(20)16(8-6-4-2)13-17(19)21/h9-12,16,18H,3-8,13,20H2,1-2H3,(H2,19,21)/t16-,18?/m0/s1. The molecule has 3 heteroatoms. The molecular weight excluding hydrogens is 260 g/mol. The van der Waals surface area contributed by atoms with E-state index < -0.39 is 0 Å². The molecule has 1 rings (SSSR count). The molecule has 1 aromatic rings. The normalized spacial score (nSPS) is 13.9. The Morgan fingerprint density at radius 2 is 1.71 bits per heavy atom. The second-order valence-electron chi connectivity index (χ2n) is 5.94. The van der Waals surface area contributed by atoms with Crippen molar-refractivity contribution in [3.63, 3.8) is 0 Å². The molecule has 1 unspecified atom stereocenters. The molecule has 21 heavy (non-hydrogen) atoms. The van der Waals surface area contributed by atoms with Crippen molar-refractivity contribution in [1.29, 1.82) is 0 Å². The molecule has 3 nitrogen and oxygen atoms in total. The van der Waals surface area contributed by atoms with E-state index >= 15 is 0 Å². The molecule has 2 atom stereocenters. The SMILES string of the molecule is CCCCc1ccc(C(N)[C@@H](CCCC)CC(N)=O)cc1. The molecule has 0 bridgehead atoms. The highest BCUT2D eigenvalue weighted by Crippen LogP contribution is 2.27. The summed E-state index contributed by atoms with van der Waals surface area (Å²) in [5, 5.41) is 0. The predicted octanol–water partition coefficient (Wildman–Crippen LogP) is 3.71. The number of amides is 1. The van der Waals surface area contributed by atoms with Crippen LogP contribution in [0.1, 0.15) is 69.5 Å². The molecule has 0 radical (unpaired) electrons. The Morgan fingerprint density at radius 3 is 2.24 bits per heavy atom. The maximum Gasteiger partial charge on any atom is 0.217 e. The van der Waals surface area contributed by atoms with E-state index in [1.807, 2.05) is 0 Å². The first kappa shape index (κ1) is 17.7. The number of nitrogens with two attached hydrogens (primary N) is 2. The van der Waals surface area contributed by atoms with E-state index in [1.54, 1.807) is 0 Å². The average Bonchev–Trinajstić information content (AvgIpc) is 2.49. The minimum Gasteiger partial charge on any atom is -0.370 e. The Bertz CT molecular complexity index is 414. The Kier molecular flexibility index (Phi) is 8.06. The number of aryl methyl sites for hydroxylation is 1. The molecule has 1 aromatic carbocycles. The van der Waals surface area contributed by atoms with Crippen molar-refractivity contribution in [2.45, 2.75) is 64.8 Å². The zero-order valence-corrected chi connectivity index (χ0v) is 13.5. The van der Waals surface area contributed by atoms with Gasteiger partial charge < -0.3 is 11.5 Å². The lowest BCUT2D eigenvalue weighted by molar-refractivity contribution is -0.119. The summed E-state index contributed by atoms with van der Waals surface area (Å²) in [5.74, 6) is -0.116. The van der Waals surface area contributed by atoms with Gasteiger partial charge in [-0.2, -0.15) is 0 Å². The van der Waals surface area contributed by atoms with Gasteiger partial charge in [-0.25, -0.2) is 0 Å². The fourth-order valence-corrected chi connectivity index (χ4v) is 2.69. The first-order valence-electron chi connectivity index (χ1n) is 8.21. The van der Waals surface area contributed by atoms with Crippen LogP contribution < -0.4 is 11.5 Å². The smallest absolute Gasteiger partial charge is 0.217 e. The Labute approximate surface area is 129 Å². The number of carbonyl (C=O) groups excluding carboxylic acids is 1. The zero-order valence-electron chi connectivity index (χ0n) is 13.5. The van der Waals surface area contributed by atoms with Crippen LogP contribution in [0.2, 0.25) is 0 Å². The maximum absolute atomic E-state index is 11.2. The topological polar surface area (TPSA) is 69.1 Å². The first-order chi connectivity index (χ1) is 10.1. The van der Waals surface area contributed by atoms with Crippen LogP contribution in [-0.2, 0) is 11.2 Å². The van der Waals surface area contributed by atoms with E-state index in [1.165, 1.54) is 18.4 Å². The number of hydrogen-bond donors (Lipinski definition) is 2. The minimum absolute atomic E-state index is 0.107. The van der Waals surface area contributed by atoms with Crippen molar-refractivity contribution in [1.82, 2.24) is 0 Å². The highest BCUT2D eigenvalue weighted by Gasteiger charge is 2.21. The molecule has 0 aliphatic rings. The minimum atomic E-state index is -0.258. The van der Waals surface area contributed by atoms with Crippen LogP contribution in [0.3, 0.4) is 0 Å². The predicted molar refractivity (Wildman–Crippen MR) is 88.8 cm³/mol. The summed E-state index contributed by atoms with van der Waals surface area (Å²) < 4.78 is 0. The molecule has 0 saturated heterocycles. The third-order valence-corrected chi connectivity index (χ3v) is 4.08. The van der Waals surface area contributed by atoms with Crippen LogP contribution in [-0.4, -0.2) is 5.91 Å². The third kappa shape index (κ3) is 6.30. The van der Waals surface area contributed by atoms with Crippen molar-refractivity contribution in [3.8, 4) is 0 Å². The van der Waals surface area contributed by atoms with Gasteiger partial charge in [0.25, 0.3) is 0 Å². The van der Waals surface area contributed by atoms with Crippen molar-refractivity contribution < 1.29 is 4.79 Å². The van der Waals surface area contributed by atoms with Crippen LogP contribution in [0.5, 0.6) is 0 Å². The molecule has 0 fully saturated rings. The highest BCUT2D eigenvalue weighted by molar-refractivity contribution is 5.74. The summed E-state index contributed by atoms with van der Waals surface area (Å²) >= 11 is 0. The van der Waals surface area contributed by atoms with Gasteiger partial charge in [0.15, 0.2) is 0 Å². The second kappa shape index (κ2) is 9.56. The lowest BCUT2D eigenvalue weighted by atomic mass is 9.86. The molecule has 0 spiro atoms. The second-order valence-corrected chi connectivity index (χ2v) is 5.94. The van der Waals surface area contributed by atoms with Crippen LogP contribution in [0.4, 0.5) is 0 Å². The molecule has 0 heterocycles. The van der Waals surface area contributed by atoms with Gasteiger partial charge in [-0.15, -0.1) is 0 Å². The van der Waals surface area contributed by atoms with E-state index in [-0.39, 0.29) is 17.9 Å². The molecule has 4 N–H and O–H groups in total. The number of carbonyl (C=O) groups is 1. The molecule has 1 amide bonds. The first-order valence-corrected chi connectivity index (χ1v) is 8.21. The summed E-state index contributed by atoms with van der Waals surface area (Å²) in [5.41, 5.74) is 14.2. The number of hydrogen-bond acceptors (Lipinski definition) is 2. The van der Waals surface area contributed by atoms with Gasteiger partial charge in [0, 0.05) is 12.5 Å². The quantitative estimate of drug-likeness (QED) is 0.689. The number of benzene rings is 1. The van der Waals surface area contributed by atoms with Crippen molar-refractivity contribution in [2.75, 3.05) is 0 Å². The van der Waals surface area contributed by atoms with Gasteiger partial charge in [-0.1, -0.05) is 57.4 Å². The fraction of sp³-hybridized carbons (Fsp3) is 0.611. The van der Waals surface area contributed by atoms with Crippen molar-refractivity contribution in [2.24, 2.45) is 17.4 Å². The number of primary amides is 1. The third-order valence-electron chi connectivity index (χ3n) is 4.08. The summed E-state index contributed by atoms with van der Waals surface area (Å²) in [4.78, 5) is 11.2. The van der Waals surface area contributed by atoms with E-state index in [0.29, 0.717) is 6.42 Å². The van der Waals surface area contributed by atoms with Crippen molar-refractivity contribution >= 4 is 5.91 Å². The van der Waals surface area contributed by atoms with E-state index in [9.17, 15) is 4.79 Å². The Hall–Kier alpha value is -1.35. The molecule has 0 saturated carbocycles. The molecule has 0 aliphatic carbocycles. The van der Waals surface area contributed by atoms with Gasteiger partial charge in [-0.3, -0.25) is 4.79 Å². The van der Waals surface area contributed by atoms with E-state index in [4.69, 9.17) is 11.5 Å². The highest BCUT2D eigenvalue weighted by atomic mass is 16.1. The van der Waals surface area contributed by atoms with Crippen LogP contribution in [0, 0.1) is 5.92 Å². The summed E-state index contributed by atoms with van der Waals surface area (Å²) in [7, 11) is 0. The van der Waals surface area contributed by atoms with Crippen LogP contribution in [0.25, 0.3) is 0 Å². The van der Waals surface area contributed by atoms with E-state index in [0.717, 1.165) is 31.2 Å². The van der Waals surface area contributed by atoms with Gasteiger partial charge in [0.2, 0.25) is 5.91 Å². The maximum atomic E-state index is 11.2. The monoisotopic (exact) mass is 290 g/mol.